The van der Waals surface area contributed by atoms with E-state index in [9.17, 15) is 0 Å². The monoisotopic (exact) mass is 271 g/mol. The maximum atomic E-state index is 6.24. The molecule has 1 fully saturated rings. The molecule has 1 saturated heterocycles. The van der Waals surface area contributed by atoms with E-state index in [0.29, 0.717) is 5.92 Å². The van der Waals surface area contributed by atoms with E-state index in [1.165, 1.54) is 0 Å². The van der Waals surface area contributed by atoms with Crippen molar-refractivity contribution in [3.05, 3.63) is 0 Å². The summed E-state index contributed by atoms with van der Waals surface area (Å²) in [5.74, 6) is 6.32. The Kier molecular flexibility index (Phi) is 4.73. The van der Waals surface area contributed by atoms with Gasteiger partial charge in [0.15, 0.2) is 0 Å². The van der Waals surface area contributed by atoms with Gasteiger partial charge in [0.2, 0.25) is 0 Å². The molecule has 4 heteroatoms. The van der Waals surface area contributed by atoms with Gasteiger partial charge in [0, 0.05) is 17.5 Å². The summed E-state index contributed by atoms with van der Waals surface area (Å²) < 4.78 is 6.24. The third kappa shape index (κ3) is 3.13. The molecule has 3 N–H and O–H groups in total. The van der Waals surface area contributed by atoms with Crippen LogP contribution in [0.15, 0.2) is 0 Å². The van der Waals surface area contributed by atoms with Crippen LogP contribution in [0.1, 0.15) is 54.4 Å². The molecule has 1 rings (SSSR count). The third-order valence-electron chi connectivity index (χ3n) is 5.13. The maximum absolute atomic E-state index is 6.24. The van der Waals surface area contributed by atoms with Gasteiger partial charge in [0.05, 0.1) is 11.2 Å². The van der Waals surface area contributed by atoms with E-state index >= 15 is 0 Å². The standard InChI is InChI=1S/C15H33N3O/c1-9-15(6,18(7)8)12(17-16)11-10-13(2,3)19-14(11,4)5/h11-12,17H,9-10,16H2,1-8H3. The number of likely N-dealkylation sites (N-methyl/N-ethyl adjacent to an activating group) is 1. The summed E-state index contributed by atoms with van der Waals surface area (Å²) in [6.07, 6.45) is 2.07. The Hall–Kier alpha value is -0.160. The third-order valence-corrected chi connectivity index (χ3v) is 5.13. The Bertz CT molecular complexity index is 315. The Morgan fingerprint density at radius 2 is 1.89 bits per heavy atom. The number of nitrogens with zero attached hydrogens (tertiary/aromatic N) is 1. The Labute approximate surface area is 119 Å². The predicted octanol–water partition coefficient (Wildman–Crippen LogP) is 2.14. The minimum atomic E-state index is -0.160. The number of hydrogen-bond donors (Lipinski definition) is 2. The van der Waals surface area contributed by atoms with Crippen LogP contribution in [0.3, 0.4) is 0 Å². The van der Waals surface area contributed by atoms with Gasteiger partial charge in [-0.15, -0.1) is 0 Å². The number of nitrogens with two attached hydrogens (primary N) is 1. The molecule has 0 spiro atoms. The molecule has 4 nitrogen and oxygen atoms in total. The average molecular weight is 271 g/mol. The summed E-state index contributed by atoms with van der Waals surface area (Å²) >= 11 is 0. The van der Waals surface area contributed by atoms with Crippen LogP contribution in [0.25, 0.3) is 0 Å². The van der Waals surface area contributed by atoms with Gasteiger partial charge >= 0.3 is 0 Å². The van der Waals surface area contributed by atoms with Gasteiger partial charge in [-0.2, -0.15) is 0 Å². The predicted molar refractivity (Wildman–Crippen MR) is 80.8 cm³/mol. The van der Waals surface area contributed by atoms with Gasteiger partial charge in [-0.05, 0) is 61.6 Å². The molecule has 114 valence electrons. The topological polar surface area (TPSA) is 50.5 Å². The molecule has 0 bridgehead atoms. The molecule has 1 heterocycles. The smallest absolute Gasteiger partial charge is 0.0678 e. The molecule has 0 aromatic carbocycles. The van der Waals surface area contributed by atoms with E-state index in [0.717, 1.165) is 12.8 Å². The summed E-state index contributed by atoms with van der Waals surface area (Å²) in [6.45, 7) is 13.2. The molecule has 19 heavy (non-hydrogen) atoms. The van der Waals surface area contributed by atoms with Crippen LogP contribution in [0, 0.1) is 5.92 Å². The first-order valence-electron chi connectivity index (χ1n) is 7.34. The quantitative estimate of drug-likeness (QED) is 0.594. The highest BCUT2D eigenvalue weighted by Crippen LogP contribution is 2.46. The molecular formula is C15H33N3O. The van der Waals surface area contributed by atoms with Gasteiger partial charge < -0.3 is 9.64 Å². The lowest BCUT2D eigenvalue weighted by Crippen LogP contribution is -2.64. The zero-order valence-electron chi connectivity index (χ0n) is 14.0. The molecule has 0 aromatic rings. The lowest BCUT2D eigenvalue weighted by molar-refractivity contribution is -0.0841. The Morgan fingerprint density at radius 1 is 1.37 bits per heavy atom. The van der Waals surface area contributed by atoms with Crippen molar-refractivity contribution >= 4 is 0 Å². The Balaban J connectivity index is 3.10. The van der Waals surface area contributed by atoms with Gasteiger partial charge in [0.25, 0.3) is 0 Å². The second-order valence-electron chi connectivity index (χ2n) is 7.53. The van der Waals surface area contributed by atoms with Crippen LogP contribution in [0.5, 0.6) is 0 Å². The van der Waals surface area contributed by atoms with Crippen molar-refractivity contribution in [3.63, 3.8) is 0 Å². The van der Waals surface area contributed by atoms with Crippen molar-refractivity contribution < 1.29 is 4.74 Å². The molecule has 1 aliphatic rings. The van der Waals surface area contributed by atoms with Crippen LogP contribution in [0.2, 0.25) is 0 Å². The minimum Gasteiger partial charge on any atom is -0.369 e. The SMILES string of the molecule is CCC(C)(C(NN)C1CC(C)(C)OC1(C)C)N(C)C. The van der Waals surface area contributed by atoms with Crippen molar-refractivity contribution in [2.45, 2.75) is 77.2 Å². The van der Waals surface area contributed by atoms with Crippen molar-refractivity contribution in [2.24, 2.45) is 11.8 Å². The molecule has 0 radical (unpaired) electrons. The molecule has 3 unspecified atom stereocenters. The minimum absolute atomic E-state index is 0.0144. The molecule has 0 aromatic heterocycles. The summed E-state index contributed by atoms with van der Waals surface area (Å²) in [6, 6.07) is 0.198. The highest BCUT2D eigenvalue weighted by molar-refractivity contribution is 5.06. The van der Waals surface area contributed by atoms with Gasteiger partial charge in [-0.25, -0.2) is 0 Å². The van der Waals surface area contributed by atoms with Crippen LogP contribution in [-0.2, 0) is 4.74 Å². The summed E-state index contributed by atoms with van der Waals surface area (Å²) in [5.41, 5.74) is 2.86. The van der Waals surface area contributed by atoms with Crippen molar-refractivity contribution in [3.8, 4) is 0 Å². The normalized spacial score (nSPS) is 30.3. The summed E-state index contributed by atoms with van der Waals surface area (Å²) in [5, 5.41) is 0. The average Bonchev–Trinajstić information content (AvgIpc) is 2.47. The summed E-state index contributed by atoms with van der Waals surface area (Å²) in [4.78, 5) is 2.28. The number of hydrazine groups is 1. The molecule has 0 amide bonds. The van der Waals surface area contributed by atoms with Gasteiger partial charge in [0.1, 0.15) is 0 Å². The van der Waals surface area contributed by atoms with Gasteiger partial charge in [-0.3, -0.25) is 11.3 Å². The number of hydrogen-bond acceptors (Lipinski definition) is 4. The van der Waals surface area contributed by atoms with E-state index in [1.54, 1.807) is 0 Å². The maximum Gasteiger partial charge on any atom is 0.0678 e. The van der Waals surface area contributed by atoms with E-state index in [2.05, 4.69) is 66.0 Å². The fourth-order valence-electron chi connectivity index (χ4n) is 3.67. The van der Waals surface area contributed by atoms with Crippen LogP contribution in [-0.4, -0.2) is 41.8 Å². The largest absolute Gasteiger partial charge is 0.369 e. The lowest BCUT2D eigenvalue weighted by Gasteiger charge is -2.47. The Morgan fingerprint density at radius 3 is 2.16 bits per heavy atom. The van der Waals surface area contributed by atoms with Crippen molar-refractivity contribution in [1.82, 2.24) is 10.3 Å². The molecule has 3 atom stereocenters. The zero-order chi connectivity index (χ0) is 15.1. The number of rotatable bonds is 5. The molecule has 1 aliphatic heterocycles. The molecule has 0 aliphatic carbocycles. The van der Waals surface area contributed by atoms with Crippen LogP contribution >= 0.6 is 0 Å². The zero-order valence-corrected chi connectivity index (χ0v) is 14.0. The van der Waals surface area contributed by atoms with Gasteiger partial charge in [-0.1, -0.05) is 6.92 Å². The molecular weight excluding hydrogens is 238 g/mol. The second-order valence-corrected chi connectivity index (χ2v) is 7.53. The van der Waals surface area contributed by atoms with E-state index in [4.69, 9.17) is 10.6 Å². The highest BCUT2D eigenvalue weighted by atomic mass is 16.5. The summed E-state index contributed by atoms with van der Waals surface area (Å²) in [7, 11) is 4.25. The van der Waals surface area contributed by atoms with Crippen LogP contribution < -0.4 is 11.3 Å². The lowest BCUT2D eigenvalue weighted by atomic mass is 9.72. The fourth-order valence-corrected chi connectivity index (χ4v) is 3.67. The van der Waals surface area contributed by atoms with Crippen molar-refractivity contribution in [1.29, 1.82) is 0 Å². The highest BCUT2D eigenvalue weighted by Gasteiger charge is 2.53. The fraction of sp³-hybridized carbons (Fsp3) is 1.00. The van der Waals surface area contributed by atoms with Crippen LogP contribution in [0.4, 0.5) is 0 Å². The van der Waals surface area contributed by atoms with E-state index in [-0.39, 0.29) is 22.8 Å². The van der Waals surface area contributed by atoms with E-state index in [1.807, 2.05) is 0 Å². The van der Waals surface area contributed by atoms with E-state index < -0.39 is 0 Å². The number of nitrogens with one attached hydrogen (secondary N) is 1. The molecule has 0 saturated carbocycles. The second kappa shape index (κ2) is 5.32. The van der Waals surface area contributed by atoms with Crippen molar-refractivity contribution in [2.75, 3.05) is 14.1 Å². The first-order valence-corrected chi connectivity index (χ1v) is 7.34. The number of ether oxygens (including phenoxy) is 1. The first-order chi connectivity index (χ1) is 8.50. The first kappa shape index (κ1) is 16.9.